The zero-order valence-corrected chi connectivity index (χ0v) is 17.6. The Hall–Kier alpha value is -2.60. The van der Waals surface area contributed by atoms with Gasteiger partial charge in [-0.2, -0.15) is 0 Å². The second-order valence-electron chi connectivity index (χ2n) is 8.44. The predicted molar refractivity (Wildman–Crippen MR) is 111 cm³/mol. The number of aromatic nitrogens is 1. The smallest absolute Gasteiger partial charge is 0.410 e. The maximum Gasteiger partial charge on any atom is 0.410 e. The fourth-order valence-electron chi connectivity index (χ4n) is 3.48. The van der Waals surface area contributed by atoms with Crippen LogP contribution in [0.4, 0.5) is 4.79 Å². The number of aliphatic hydroxyl groups excluding tert-OH is 1. The number of carbonyl (C=O) groups excluding carboxylic acids is 1. The van der Waals surface area contributed by atoms with Gasteiger partial charge in [0.25, 0.3) is 0 Å². The molecule has 2 atom stereocenters. The number of ether oxygens (including phenoxy) is 2. The molecule has 2 heterocycles. The first-order chi connectivity index (χ1) is 13.7. The highest BCUT2D eigenvalue weighted by atomic mass is 16.6. The van der Waals surface area contributed by atoms with Crippen LogP contribution in [0, 0.1) is 6.92 Å². The quantitative estimate of drug-likeness (QED) is 0.808. The van der Waals surface area contributed by atoms with Crippen molar-refractivity contribution in [2.24, 2.45) is 0 Å². The fourth-order valence-corrected chi connectivity index (χ4v) is 3.48. The minimum atomic E-state index is -0.948. The highest BCUT2D eigenvalue weighted by Gasteiger charge is 2.38. The van der Waals surface area contributed by atoms with Gasteiger partial charge in [-0.3, -0.25) is 4.98 Å². The zero-order valence-electron chi connectivity index (χ0n) is 17.6. The minimum absolute atomic E-state index is 0.381. The van der Waals surface area contributed by atoms with Crippen molar-refractivity contribution in [3.05, 3.63) is 59.4 Å². The van der Waals surface area contributed by atoms with Crippen molar-refractivity contribution in [3.63, 3.8) is 0 Å². The number of carbonyl (C=O) groups is 1. The van der Waals surface area contributed by atoms with Crippen LogP contribution in [0.1, 0.15) is 56.7 Å². The first-order valence-electron chi connectivity index (χ1n) is 10.1. The molecule has 3 rings (SSSR count). The molecule has 1 amide bonds. The van der Waals surface area contributed by atoms with Gasteiger partial charge >= 0.3 is 6.09 Å². The van der Waals surface area contributed by atoms with E-state index >= 15 is 0 Å². The summed E-state index contributed by atoms with van der Waals surface area (Å²) < 4.78 is 11.5. The van der Waals surface area contributed by atoms with Crippen molar-refractivity contribution in [1.29, 1.82) is 0 Å². The summed E-state index contributed by atoms with van der Waals surface area (Å²) >= 11 is 0. The lowest BCUT2D eigenvalue weighted by Gasteiger charge is -2.31. The maximum atomic E-state index is 12.6. The number of hydrogen-bond acceptors (Lipinski definition) is 5. The van der Waals surface area contributed by atoms with Gasteiger partial charge < -0.3 is 19.5 Å². The summed E-state index contributed by atoms with van der Waals surface area (Å²) in [6, 6.07) is 13.1. The number of benzene rings is 1. The van der Waals surface area contributed by atoms with E-state index in [1.54, 1.807) is 4.90 Å². The molecule has 2 aromatic rings. The van der Waals surface area contributed by atoms with Crippen molar-refractivity contribution in [1.82, 2.24) is 9.88 Å². The van der Waals surface area contributed by atoms with Gasteiger partial charge in [0.15, 0.2) is 0 Å². The number of likely N-dealkylation sites (tertiary alicyclic amines) is 1. The van der Waals surface area contributed by atoms with Crippen LogP contribution < -0.4 is 4.74 Å². The monoisotopic (exact) mass is 398 g/mol. The number of amides is 1. The summed E-state index contributed by atoms with van der Waals surface area (Å²) in [5.41, 5.74) is 1.69. The third-order valence-electron chi connectivity index (χ3n) is 4.83. The fraction of sp³-hybridized carbons (Fsp3) is 0.478. The summed E-state index contributed by atoms with van der Waals surface area (Å²) in [6.45, 7) is 8.32. The molecule has 0 spiro atoms. The molecule has 6 heteroatoms. The van der Waals surface area contributed by atoms with Gasteiger partial charge in [0, 0.05) is 12.2 Å². The van der Waals surface area contributed by atoms with Crippen LogP contribution in [0.2, 0.25) is 0 Å². The molecule has 1 saturated heterocycles. The Balaban J connectivity index is 1.79. The van der Waals surface area contributed by atoms with E-state index in [9.17, 15) is 9.90 Å². The van der Waals surface area contributed by atoms with Crippen molar-refractivity contribution >= 4 is 6.09 Å². The van der Waals surface area contributed by atoms with E-state index in [4.69, 9.17) is 9.47 Å². The molecule has 0 saturated carbocycles. The van der Waals surface area contributed by atoms with E-state index in [1.165, 1.54) is 0 Å². The Labute approximate surface area is 172 Å². The van der Waals surface area contributed by atoms with Crippen LogP contribution in [0.3, 0.4) is 0 Å². The van der Waals surface area contributed by atoms with Crippen molar-refractivity contribution in [2.75, 3.05) is 6.54 Å². The highest BCUT2D eigenvalue weighted by molar-refractivity contribution is 5.69. The molecule has 1 N–H and O–H groups in total. The molecule has 1 aliphatic heterocycles. The van der Waals surface area contributed by atoms with Crippen LogP contribution in [0.5, 0.6) is 5.75 Å². The summed E-state index contributed by atoms with van der Waals surface area (Å²) in [7, 11) is 0. The van der Waals surface area contributed by atoms with Gasteiger partial charge in [-0.05, 0) is 58.2 Å². The Morgan fingerprint density at radius 1 is 1.24 bits per heavy atom. The number of pyridine rings is 1. The lowest BCUT2D eigenvalue weighted by molar-refractivity contribution is 0.00367. The van der Waals surface area contributed by atoms with Gasteiger partial charge in [-0.25, -0.2) is 4.79 Å². The Kier molecular flexibility index (Phi) is 6.42. The Morgan fingerprint density at radius 3 is 2.66 bits per heavy atom. The molecule has 0 aliphatic carbocycles. The highest BCUT2D eigenvalue weighted by Crippen LogP contribution is 2.34. The van der Waals surface area contributed by atoms with E-state index in [0.29, 0.717) is 31.0 Å². The molecule has 1 aliphatic rings. The van der Waals surface area contributed by atoms with E-state index in [1.807, 2.05) is 70.2 Å². The molecule has 2 unspecified atom stereocenters. The van der Waals surface area contributed by atoms with Gasteiger partial charge in [0.2, 0.25) is 0 Å². The average Bonchev–Trinajstić information content (AvgIpc) is 3.16. The van der Waals surface area contributed by atoms with Crippen molar-refractivity contribution in [3.8, 4) is 5.75 Å². The molecule has 1 aromatic heterocycles. The summed E-state index contributed by atoms with van der Waals surface area (Å²) in [5, 5.41) is 11.1. The number of aliphatic hydroxyl groups is 1. The number of aryl methyl sites for hydroxylation is 1. The summed E-state index contributed by atoms with van der Waals surface area (Å²) in [4.78, 5) is 18.8. The SMILES string of the molecule is Cc1ccc(OCc2ccccc2)c(C(O)C2CCCN2C(=O)OC(C)(C)C)n1. The molecule has 156 valence electrons. The lowest BCUT2D eigenvalue weighted by atomic mass is 10.0. The van der Waals surface area contributed by atoms with Gasteiger partial charge in [0.1, 0.15) is 29.8 Å². The van der Waals surface area contributed by atoms with Crippen LogP contribution in [-0.2, 0) is 11.3 Å². The third-order valence-corrected chi connectivity index (χ3v) is 4.83. The van der Waals surface area contributed by atoms with E-state index < -0.39 is 23.8 Å². The van der Waals surface area contributed by atoms with Crippen LogP contribution in [0.25, 0.3) is 0 Å². The number of rotatable bonds is 5. The Bertz CT molecular complexity index is 833. The topological polar surface area (TPSA) is 71.9 Å². The first-order valence-corrected chi connectivity index (χ1v) is 10.1. The van der Waals surface area contributed by atoms with Gasteiger partial charge in [-0.15, -0.1) is 0 Å². The van der Waals surface area contributed by atoms with Crippen molar-refractivity contribution < 1.29 is 19.4 Å². The van der Waals surface area contributed by atoms with E-state index in [2.05, 4.69) is 4.98 Å². The molecular weight excluding hydrogens is 368 g/mol. The molecule has 29 heavy (non-hydrogen) atoms. The predicted octanol–water partition coefficient (Wildman–Crippen LogP) is 4.40. The standard InChI is InChI=1S/C23H30N2O4/c1-16-12-13-19(28-15-17-9-6-5-7-10-17)20(24-16)21(26)18-11-8-14-25(18)22(27)29-23(2,3)4/h5-7,9-10,12-13,18,21,26H,8,11,14-15H2,1-4H3. The molecule has 1 fully saturated rings. The maximum absolute atomic E-state index is 12.6. The van der Waals surface area contributed by atoms with Crippen LogP contribution >= 0.6 is 0 Å². The van der Waals surface area contributed by atoms with E-state index in [0.717, 1.165) is 17.7 Å². The average molecular weight is 399 g/mol. The molecule has 0 bridgehead atoms. The largest absolute Gasteiger partial charge is 0.487 e. The van der Waals surface area contributed by atoms with Crippen LogP contribution in [-0.4, -0.2) is 39.3 Å². The number of nitrogens with zero attached hydrogens (tertiary/aromatic N) is 2. The zero-order chi connectivity index (χ0) is 21.0. The van der Waals surface area contributed by atoms with Gasteiger partial charge in [0.05, 0.1) is 6.04 Å². The second-order valence-corrected chi connectivity index (χ2v) is 8.44. The normalized spacial score (nSPS) is 17.8. The molecular formula is C23H30N2O4. The lowest BCUT2D eigenvalue weighted by Crippen LogP contribution is -2.42. The second kappa shape index (κ2) is 8.82. The number of hydrogen-bond donors (Lipinski definition) is 1. The minimum Gasteiger partial charge on any atom is -0.487 e. The van der Waals surface area contributed by atoms with Gasteiger partial charge in [-0.1, -0.05) is 30.3 Å². The summed E-state index contributed by atoms with van der Waals surface area (Å²) in [5.74, 6) is 0.531. The molecule has 1 aromatic carbocycles. The first kappa shape index (κ1) is 21.1. The van der Waals surface area contributed by atoms with E-state index in [-0.39, 0.29) is 0 Å². The summed E-state index contributed by atoms with van der Waals surface area (Å²) in [6.07, 6.45) is 0.148. The molecule has 6 nitrogen and oxygen atoms in total. The Morgan fingerprint density at radius 2 is 1.97 bits per heavy atom. The van der Waals surface area contributed by atoms with Crippen LogP contribution in [0.15, 0.2) is 42.5 Å². The molecule has 0 radical (unpaired) electrons. The third kappa shape index (κ3) is 5.48. The van der Waals surface area contributed by atoms with Crippen molar-refractivity contribution in [2.45, 2.75) is 64.9 Å².